The van der Waals surface area contributed by atoms with Crippen LogP contribution >= 0.6 is 0 Å². The second-order valence-electron chi connectivity index (χ2n) is 4.27. The van der Waals surface area contributed by atoms with Crippen LogP contribution in [0, 0.1) is 0 Å². The van der Waals surface area contributed by atoms with Crippen LogP contribution in [0.25, 0.3) is 0 Å². The molecule has 0 aromatic heterocycles. The molecule has 2 amide bonds. The van der Waals surface area contributed by atoms with Crippen LogP contribution in [0.1, 0.15) is 17.3 Å². The van der Waals surface area contributed by atoms with Crippen molar-refractivity contribution in [1.82, 2.24) is 10.7 Å². The molecular weight excluding hydrogens is 278 g/mol. The molecule has 0 heterocycles. The highest BCUT2D eigenvalue weighted by atomic mass is 16.5. The summed E-state index contributed by atoms with van der Waals surface area (Å²) >= 11 is 0. The minimum atomic E-state index is -1.17. The lowest BCUT2D eigenvalue weighted by Gasteiger charge is -2.20. The standard InChI is InChI=1S/C13H19N3O5/c1-7(17)11(13(19)16-14)15-12(18)9-5-4-8(20-2)6-10(9)21-3/h4-7,11,17H,14H2,1-3H3,(H,15,18)(H,16,19)/t7?,11-/m0/s1. The van der Waals surface area contributed by atoms with E-state index in [2.05, 4.69) is 5.32 Å². The van der Waals surface area contributed by atoms with E-state index in [1.165, 1.54) is 33.3 Å². The molecule has 1 rings (SSSR count). The number of aliphatic hydroxyl groups is 1. The van der Waals surface area contributed by atoms with E-state index < -0.39 is 24.0 Å². The Morgan fingerprint density at radius 1 is 1.29 bits per heavy atom. The highest BCUT2D eigenvalue weighted by Crippen LogP contribution is 2.24. The zero-order valence-corrected chi connectivity index (χ0v) is 12.0. The van der Waals surface area contributed by atoms with Crippen LogP contribution in [0.2, 0.25) is 0 Å². The van der Waals surface area contributed by atoms with E-state index >= 15 is 0 Å². The summed E-state index contributed by atoms with van der Waals surface area (Å²) in [6, 6.07) is 3.44. The molecule has 0 aliphatic heterocycles. The topological polar surface area (TPSA) is 123 Å². The monoisotopic (exact) mass is 297 g/mol. The van der Waals surface area contributed by atoms with Crippen molar-refractivity contribution in [3.63, 3.8) is 0 Å². The van der Waals surface area contributed by atoms with Crippen molar-refractivity contribution in [3.8, 4) is 11.5 Å². The smallest absolute Gasteiger partial charge is 0.259 e. The van der Waals surface area contributed by atoms with Gasteiger partial charge in [0.05, 0.1) is 25.9 Å². The summed E-state index contributed by atoms with van der Waals surface area (Å²) in [7, 11) is 2.90. The lowest BCUT2D eigenvalue weighted by atomic mass is 10.1. The Balaban J connectivity index is 3.00. The van der Waals surface area contributed by atoms with Gasteiger partial charge >= 0.3 is 0 Å². The number of hydrazine groups is 1. The first-order valence-electron chi connectivity index (χ1n) is 6.16. The van der Waals surface area contributed by atoms with Gasteiger partial charge in [-0.1, -0.05) is 0 Å². The number of aliphatic hydroxyl groups excluding tert-OH is 1. The number of nitrogens with one attached hydrogen (secondary N) is 2. The molecule has 8 nitrogen and oxygen atoms in total. The Bertz CT molecular complexity index is 519. The summed E-state index contributed by atoms with van der Waals surface area (Å²) in [5, 5.41) is 11.9. The maximum Gasteiger partial charge on any atom is 0.259 e. The first-order valence-corrected chi connectivity index (χ1v) is 6.16. The number of methoxy groups -OCH3 is 2. The average molecular weight is 297 g/mol. The first-order chi connectivity index (χ1) is 9.94. The molecule has 1 aromatic carbocycles. The molecule has 8 heteroatoms. The molecule has 0 fully saturated rings. The van der Waals surface area contributed by atoms with E-state index in [9.17, 15) is 14.7 Å². The molecule has 0 saturated heterocycles. The predicted molar refractivity (Wildman–Crippen MR) is 74.8 cm³/mol. The second-order valence-corrected chi connectivity index (χ2v) is 4.27. The van der Waals surface area contributed by atoms with Crippen LogP contribution in [0.5, 0.6) is 11.5 Å². The van der Waals surface area contributed by atoms with Crippen molar-refractivity contribution < 1.29 is 24.2 Å². The summed E-state index contributed by atoms with van der Waals surface area (Å²) in [4.78, 5) is 23.7. The number of carbonyl (C=O) groups excluding carboxylic acids is 2. The molecule has 116 valence electrons. The van der Waals surface area contributed by atoms with Crippen LogP contribution in [-0.4, -0.2) is 43.3 Å². The van der Waals surface area contributed by atoms with Crippen molar-refractivity contribution >= 4 is 11.8 Å². The molecule has 2 atom stereocenters. The maximum atomic E-state index is 12.2. The van der Waals surface area contributed by atoms with E-state index in [0.717, 1.165) is 0 Å². The van der Waals surface area contributed by atoms with Crippen LogP contribution in [-0.2, 0) is 4.79 Å². The maximum absolute atomic E-state index is 12.2. The largest absolute Gasteiger partial charge is 0.497 e. The van der Waals surface area contributed by atoms with Crippen molar-refractivity contribution in [2.24, 2.45) is 5.84 Å². The van der Waals surface area contributed by atoms with E-state index in [1.54, 1.807) is 6.07 Å². The summed E-state index contributed by atoms with van der Waals surface area (Å²) < 4.78 is 10.1. The summed E-state index contributed by atoms with van der Waals surface area (Å²) in [5.41, 5.74) is 2.09. The normalized spacial score (nSPS) is 13.0. The number of rotatable bonds is 6. The minimum absolute atomic E-state index is 0.203. The Hall–Kier alpha value is -2.32. The molecule has 0 radical (unpaired) electrons. The van der Waals surface area contributed by atoms with Gasteiger partial charge in [0.15, 0.2) is 0 Å². The molecular formula is C13H19N3O5. The number of carbonyl (C=O) groups is 2. The summed E-state index contributed by atoms with van der Waals surface area (Å²) in [5.74, 6) is 4.54. The van der Waals surface area contributed by atoms with Gasteiger partial charge in [0.1, 0.15) is 17.5 Å². The number of hydrogen-bond donors (Lipinski definition) is 4. The van der Waals surface area contributed by atoms with Crippen molar-refractivity contribution in [2.45, 2.75) is 19.1 Å². The highest BCUT2D eigenvalue weighted by Gasteiger charge is 2.26. The number of amides is 2. The van der Waals surface area contributed by atoms with Gasteiger partial charge in [-0.2, -0.15) is 0 Å². The fraction of sp³-hybridized carbons (Fsp3) is 0.385. The fourth-order valence-corrected chi connectivity index (χ4v) is 1.70. The fourth-order valence-electron chi connectivity index (χ4n) is 1.70. The Morgan fingerprint density at radius 3 is 2.43 bits per heavy atom. The van der Waals surface area contributed by atoms with E-state index in [1.807, 2.05) is 5.43 Å². The van der Waals surface area contributed by atoms with E-state index in [0.29, 0.717) is 5.75 Å². The van der Waals surface area contributed by atoms with Crippen LogP contribution in [0.4, 0.5) is 0 Å². The Morgan fingerprint density at radius 2 is 1.95 bits per heavy atom. The molecule has 0 saturated carbocycles. The Kier molecular flexibility index (Phi) is 5.94. The van der Waals surface area contributed by atoms with Gasteiger partial charge in [-0.15, -0.1) is 0 Å². The first kappa shape index (κ1) is 16.7. The van der Waals surface area contributed by atoms with Crippen LogP contribution < -0.4 is 26.1 Å². The van der Waals surface area contributed by atoms with Crippen molar-refractivity contribution in [3.05, 3.63) is 23.8 Å². The van der Waals surface area contributed by atoms with Gasteiger partial charge < -0.3 is 19.9 Å². The third-order valence-electron chi connectivity index (χ3n) is 2.85. The minimum Gasteiger partial charge on any atom is -0.497 e. The van der Waals surface area contributed by atoms with Crippen molar-refractivity contribution in [2.75, 3.05) is 14.2 Å². The van der Waals surface area contributed by atoms with Crippen LogP contribution in [0.15, 0.2) is 18.2 Å². The van der Waals surface area contributed by atoms with Gasteiger partial charge in [0, 0.05) is 6.07 Å². The number of benzene rings is 1. The van der Waals surface area contributed by atoms with E-state index in [-0.39, 0.29) is 11.3 Å². The van der Waals surface area contributed by atoms with E-state index in [4.69, 9.17) is 15.3 Å². The molecule has 1 unspecified atom stereocenters. The van der Waals surface area contributed by atoms with Gasteiger partial charge in [0.25, 0.3) is 11.8 Å². The lowest BCUT2D eigenvalue weighted by molar-refractivity contribution is -0.125. The molecule has 1 aromatic rings. The summed E-state index contributed by atoms with van der Waals surface area (Å²) in [6.45, 7) is 1.37. The molecule has 0 spiro atoms. The predicted octanol–water partition coefficient (Wildman–Crippen LogP) is -0.827. The van der Waals surface area contributed by atoms with Gasteiger partial charge in [-0.25, -0.2) is 5.84 Å². The molecule has 5 N–H and O–H groups in total. The zero-order valence-electron chi connectivity index (χ0n) is 12.0. The second kappa shape index (κ2) is 7.46. The molecule has 0 aliphatic rings. The third-order valence-corrected chi connectivity index (χ3v) is 2.85. The quantitative estimate of drug-likeness (QED) is 0.309. The van der Waals surface area contributed by atoms with Gasteiger partial charge in [-0.3, -0.25) is 15.0 Å². The average Bonchev–Trinajstić information content (AvgIpc) is 2.50. The Labute approximate surface area is 122 Å². The zero-order chi connectivity index (χ0) is 16.0. The molecule has 21 heavy (non-hydrogen) atoms. The number of nitrogens with two attached hydrogens (primary N) is 1. The number of hydrogen-bond acceptors (Lipinski definition) is 6. The highest BCUT2D eigenvalue weighted by molar-refractivity contribution is 5.99. The SMILES string of the molecule is COc1ccc(C(=O)N[C@H](C(=O)NN)C(C)O)c(OC)c1. The van der Waals surface area contributed by atoms with Gasteiger partial charge in [-0.05, 0) is 19.1 Å². The van der Waals surface area contributed by atoms with Gasteiger partial charge in [0.2, 0.25) is 0 Å². The molecule has 0 aliphatic carbocycles. The van der Waals surface area contributed by atoms with Crippen molar-refractivity contribution in [1.29, 1.82) is 0 Å². The van der Waals surface area contributed by atoms with Crippen LogP contribution in [0.3, 0.4) is 0 Å². The summed E-state index contributed by atoms with van der Waals surface area (Å²) in [6.07, 6.45) is -1.11. The number of ether oxygens (including phenoxy) is 2. The molecule has 0 bridgehead atoms. The third kappa shape index (κ3) is 4.07. The lowest BCUT2D eigenvalue weighted by Crippen LogP contribution is -2.54.